The zero-order valence-corrected chi connectivity index (χ0v) is 10.6. The van der Waals surface area contributed by atoms with Crippen LogP contribution < -0.4 is 5.32 Å². The highest BCUT2D eigenvalue weighted by molar-refractivity contribution is 9.10. The molecule has 0 aliphatic heterocycles. The molecule has 0 aromatic carbocycles. The fourth-order valence-corrected chi connectivity index (χ4v) is 2.29. The first-order chi connectivity index (χ1) is 7.29. The van der Waals surface area contributed by atoms with Gasteiger partial charge in [0.25, 0.3) is 0 Å². The van der Waals surface area contributed by atoms with Crippen molar-refractivity contribution in [3.8, 4) is 0 Å². The van der Waals surface area contributed by atoms with Gasteiger partial charge in [0.1, 0.15) is 0 Å². The maximum atomic E-state index is 4.21. The topological polar surface area (TPSA) is 24.9 Å². The SMILES string of the molecule is CNC(CCC1CC1)c1cncc(Br)c1. The van der Waals surface area contributed by atoms with Crippen LogP contribution in [0.3, 0.4) is 0 Å². The molecule has 1 atom stereocenters. The van der Waals surface area contributed by atoms with Crippen LogP contribution in [0.2, 0.25) is 0 Å². The summed E-state index contributed by atoms with van der Waals surface area (Å²) in [7, 11) is 2.03. The van der Waals surface area contributed by atoms with Crippen molar-refractivity contribution in [2.45, 2.75) is 31.7 Å². The fraction of sp³-hybridized carbons (Fsp3) is 0.583. The molecule has 15 heavy (non-hydrogen) atoms. The minimum Gasteiger partial charge on any atom is -0.313 e. The lowest BCUT2D eigenvalue weighted by molar-refractivity contribution is 0.505. The van der Waals surface area contributed by atoms with Gasteiger partial charge >= 0.3 is 0 Å². The van der Waals surface area contributed by atoms with Crippen molar-refractivity contribution >= 4 is 15.9 Å². The Morgan fingerprint density at radius 1 is 1.53 bits per heavy atom. The van der Waals surface area contributed by atoms with Crippen LogP contribution in [0, 0.1) is 5.92 Å². The summed E-state index contributed by atoms with van der Waals surface area (Å²) >= 11 is 3.46. The summed E-state index contributed by atoms with van der Waals surface area (Å²) in [5, 5.41) is 3.37. The van der Waals surface area contributed by atoms with Crippen LogP contribution in [0.4, 0.5) is 0 Å². The van der Waals surface area contributed by atoms with E-state index in [1.165, 1.54) is 31.2 Å². The van der Waals surface area contributed by atoms with E-state index in [1.54, 1.807) is 0 Å². The zero-order valence-electron chi connectivity index (χ0n) is 9.04. The van der Waals surface area contributed by atoms with Gasteiger partial charge < -0.3 is 5.32 Å². The van der Waals surface area contributed by atoms with E-state index in [2.05, 4.69) is 32.3 Å². The van der Waals surface area contributed by atoms with Crippen molar-refractivity contribution in [1.82, 2.24) is 10.3 Å². The van der Waals surface area contributed by atoms with E-state index in [0.29, 0.717) is 6.04 Å². The van der Waals surface area contributed by atoms with Crippen LogP contribution in [0.5, 0.6) is 0 Å². The van der Waals surface area contributed by atoms with E-state index in [1.807, 2.05) is 19.4 Å². The average Bonchev–Trinajstić information content (AvgIpc) is 3.03. The third-order valence-electron chi connectivity index (χ3n) is 3.04. The normalized spacial score (nSPS) is 17.7. The third kappa shape index (κ3) is 3.28. The molecular formula is C12H17BrN2. The molecular weight excluding hydrogens is 252 g/mol. The maximum Gasteiger partial charge on any atom is 0.0410 e. The molecule has 3 heteroatoms. The minimum atomic E-state index is 0.454. The Bertz CT molecular complexity index is 323. The highest BCUT2D eigenvalue weighted by atomic mass is 79.9. The molecule has 1 aliphatic carbocycles. The predicted molar refractivity (Wildman–Crippen MR) is 65.7 cm³/mol. The van der Waals surface area contributed by atoms with Crippen LogP contribution in [0.15, 0.2) is 22.9 Å². The van der Waals surface area contributed by atoms with Crippen molar-refractivity contribution in [2.75, 3.05) is 7.05 Å². The smallest absolute Gasteiger partial charge is 0.0410 e. The van der Waals surface area contributed by atoms with Gasteiger partial charge in [0.05, 0.1) is 0 Å². The van der Waals surface area contributed by atoms with Crippen LogP contribution in [0.25, 0.3) is 0 Å². The molecule has 0 amide bonds. The lowest BCUT2D eigenvalue weighted by atomic mass is 10.0. The van der Waals surface area contributed by atoms with E-state index < -0.39 is 0 Å². The van der Waals surface area contributed by atoms with Crippen molar-refractivity contribution in [1.29, 1.82) is 0 Å². The van der Waals surface area contributed by atoms with Gasteiger partial charge in [-0.25, -0.2) is 0 Å². The van der Waals surface area contributed by atoms with Gasteiger partial charge in [-0.15, -0.1) is 0 Å². The zero-order chi connectivity index (χ0) is 10.7. The molecule has 1 aromatic heterocycles. The quantitative estimate of drug-likeness (QED) is 0.887. The molecule has 1 fully saturated rings. The van der Waals surface area contributed by atoms with Crippen molar-refractivity contribution in [3.63, 3.8) is 0 Å². The van der Waals surface area contributed by atoms with E-state index in [0.717, 1.165) is 10.4 Å². The monoisotopic (exact) mass is 268 g/mol. The second-order valence-corrected chi connectivity index (χ2v) is 5.21. The number of hydrogen-bond acceptors (Lipinski definition) is 2. The molecule has 1 saturated carbocycles. The molecule has 1 unspecified atom stereocenters. The Morgan fingerprint density at radius 2 is 2.33 bits per heavy atom. The number of nitrogens with one attached hydrogen (secondary N) is 1. The number of pyridine rings is 1. The summed E-state index contributed by atoms with van der Waals surface area (Å²) in [4.78, 5) is 4.21. The van der Waals surface area contributed by atoms with Crippen LogP contribution in [0.1, 0.15) is 37.3 Å². The second kappa shape index (κ2) is 5.08. The Kier molecular flexibility index (Phi) is 3.76. The largest absolute Gasteiger partial charge is 0.313 e. The van der Waals surface area contributed by atoms with Gasteiger partial charge in [0.2, 0.25) is 0 Å². The molecule has 0 bridgehead atoms. The van der Waals surface area contributed by atoms with E-state index in [-0.39, 0.29) is 0 Å². The Labute approximate surface area is 99.6 Å². The summed E-state index contributed by atoms with van der Waals surface area (Å²) < 4.78 is 1.06. The fourth-order valence-electron chi connectivity index (χ4n) is 1.91. The van der Waals surface area contributed by atoms with Crippen molar-refractivity contribution in [2.24, 2.45) is 5.92 Å². The van der Waals surface area contributed by atoms with Gasteiger partial charge in [0.15, 0.2) is 0 Å². The van der Waals surface area contributed by atoms with E-state index in [9.17, 15) is 0 Å². The first kappa shape index (κ1) is 11.1. The number of hydrogen-bond donors (Lipinski definition) is 1. The minimum absolute atomic E-state index is 0.454. The number of nitrogens with zero attached hydrogens (tertiary/aromatic N) is 1. The van der Waals surface area contributed by atoms with E-state index in [4.69, 9.17) is 0 Å². The van der Waals surface area contributed by atoms with Crippen LogP contribution >= 0.6 is 15.9 Å². The summed E-state index contributed by atoms with van der Waals surface area (Å²) in [5.41, 5.74) is 1.28. The molecule has 1 aromatic rings. The predicted octanol–water partition coefficient (Wildman–Crippen LogP) is 3.29. The third-order valence-corrected chi connectivity index (χ3v) is 3.47. The Hall–Kier alpha value is -0.410. The number of halogens is 1. The average molecular weight is 269 g/mol. The second-order valence-electron chi connectivity index (χ2n) is 4.30. The molecule has 1 heterocycles. The highest BCUT2D eigenvalue weighted by Gasteiger charge is 2.22. The van der Waals surface area contributed by atoms with Gasteiger partial charge in [-0.3, -0.25) is 4.98 Å². The lowest BCUT2D eigenvalue weighted by Gasteiger charge is -2.16. The molecule has 2 rings (SSSR count). The van der Waals surface area contributed by atoms with Gasteiger partial charge in [-0.1, -0.05) is 12.8 Å². The Balaban J connectivity index is 1.97. The number of rotatable bonds is 5. The molecule has 0 saturated heterocycles. The van der Waals surface area contributed by atoms with E-state index >= 15 is 0 Å². The first-order valence-electron chi connectivity index (χ1n) is 5.57. The molecule has 1 N–H and O–H groups in total. The maximum absolute atomic E-state index is 4.21. The van der Waals surface area contributed by atoms with Gasteiger partial charge in [0, 0.05) is 22.9 Å². The van der Waals surface area contributed by atoms with Crippen molar-refractivity contribution in [3.05, 3.63) is 28.5 Å². The highest BCUT2D eigenvalue weighted by Crippen LogP contribution is 2.35. The molecule has 0 spiro atoms. The van der Waals surface area contributed by atoms with Crippen LogP contribution in [-0.2, 0) is 0 Å². The first-order valence-corrected chi connectivity index (χ1v) is 6.36. The summed E-state index contributed by atoms with van der Waals surface area (Å²) in [6.45, 7) is 0. The molecule has 2 nitrogen and oxygen atoms in total. The molecule has 0 radical (unpaired) electrons. The number of aromatic nitrogens is 1. The van der Waals surface area contributed by atoms with Gasteiger partial charge in [-0.2, -0.15) is 0 Å². The summed E-state index contributed by atoms with van der Waals surface area (Å²) in [6, 6.07) is 2.61. The molecule has 1 aliphatic rings. The van der Waals surface area contributed by atoms with Crippen LogP contribution in [-0.4, -0.2) is 12.0 Å². The lowest BCUT2D eigenvalue weighted by Crippen LogP contribution is -2.16. The summed E-state index contributed by atoms with van der Waals surface area (Å²) in [5.74, 6) is 1.00. The summed E-state index contributed by atoms with van der Waals surface area (Å²) in [6.07, 6.45) is 9.23. The van der Waals surface area contributed by atoms with Gasteiger partial charge in [-0.05, 0) is 53.4 Å². The van der Waals surface area contributed by atoms with Crippen molar-refractivity contribution < 1.29 is 0 Å². The standard InChI is InChI=1S/C12H17BrN2/c1-14-12(5-4-9-2-3-9)10-6-11(13)8-15-7-10/h6-9,12,14H,2-5H2,1H3. The Morgan fingerprint density at radius 3 is 2.93 bits per heavy atom. The molecule has 82 valence electrons.